The highest BCUT2D eigenvalue weighted by Crippen LogP contribution is 2.39. The van der Waals surface area contributed by atoms with Crippen molar-refractivity contribution in [2.24, 2.45) is 4.99 Å². The van der Waals surface area contributed by atoms with Gasteiger partial charge >= 0.3 is 5.97 Å². The normalized spacial score (nSPS) is 14.4. The summed E-state index contributed by atoms with van der Waals surface area (Å²) >= 11 is 1.70. The number of hydrogen-bond donors (Lipinski definition) is 0. The standard InChI is InChI=1S/C28H30N6O2S/c1-17-18(2)37-28-25(17)26(30-23(16-24(35)36-5)27-32-31-19(3)34(27)28)20-9-11-22(12-10-20)33(4)15-13-21-8-6-7-14-29-21/h6-12,14,23H,13,15-16H2,1-5H3/t23-/m0/s1. The van der Waals surface area contributed by atoms with Crippen LogP contribution in [0.15, 0.2) is 53.7 Å². The van der Waals surface area contributed by atoms with Crippen LogP contribution in [0.5, 0.6) is 0 Å². The van der Waals surface area contributed by atoms with E-state index in [1.54, 1.807) is 11.3 Å². The van der Waals surface area contributed by atoms with Crippen LogP contribution in [0, 0.1) is 20.8 Å². The zero-order valence-electron chi connectivity index (χ0n) is 21.7. The number of anilines is 1. The molecule has 0 aliphatic carbocycles. The van der Waals surface area contributed by atoms with Gasteiger partial charge < -0.3 is 9.64 Å². The maximum atomic E-state index is 12.3. The van der Waals surface area contributed by atoms with E-state index in [4.69, 9.17) is 9.73 Å². The Kier molecular flexibility index (Phi) is 6.88. The minimum atomic E-state index is -0.497. The van der Waals surface area contributed by atoms with Crippen LogP contribution in [0.4, 0.5) is 5.69 Å². The first kappa shape index (κ1) is 24.8. The van der Waals surface area contributed by atoms with Gasteiger partial charge in [0.2, 0.25) is 0 Å². The summed E-state index contributed by atoms with van der Waals surface area (Å²) in [5, 5.41) is 9.78. The van der Waals surface area contributed by atoms with Crippen molar-refractivity contribution in [1.29, 1.82) is 0 Å². The average Bonchev–Trinajstić information content (AvgIpc) is 3.39. The summed E-state index contributed by atoms with van der Waals surface area (Å²) in [6.45, 7) is 7.04. The van der Waals surface area contributed by atoms with Crippen LogP contribution in [-0.2, 0) is 16.0 Å². The fourth-order valence-electron chi connectivity index (χ4n) is 4.60. The minimum Gasteiger partial charge on any atom is -0.469 e. The molecule has 0 spiro atoms. The molecular weight excluding hydrogens is 484 g/mol. The van der Waals surface area contributed by atoms with Crippen molar-refractivity contribution in [3.63, 3.8) is 0 Å². The second-order valence-corrected chi connectivity index (χ2v) is 10.4. The zero-order valence-corrected chi connectivity index (χ0v) is 22.5. The number of carbonyl (C=O) groups is 1. The lowest BCUT2D eigenvalue weighted by Crippen LogP contribution is -2.20. The third kappa shape index (κ3) is 4.79. The SMILES string of the molecule is COC(=O)C[C@@H]1N=C(c2ccc(N(C)CCc3ccccn3)cc2)c2c(sc(C)c2C)-n2c(C)nnc21. The number of hydrogen-bond acceptors (Lipinski definition) is 8. The monoisotopic (exact) mass is 514 g/mol. The van der Waals surface area contributed by atoms with Crippen molar-refractivity contribution in [3.05, 3.63) is 87.6 Å². The first-order valence-corrected chi connectivity index (χ1v) is 13.1. The second-order valence-electron chi connectivity index (χ2n) is 9.22. The summed E-state index contributed by atoms with van der Waals surface area (Å²) in [4.78, 5) is 25.3. The van der Waals surface area contributed by atoms with E-state index in [1.165, 1.54) is 17.6 Å². The number of pyridine rings is 1. The first-order chi connectivity index (χ1) is 17.9. The molecule has 1 aromatic carbocycles. The second kappa shape index (κ2) is 10.3. The van der Waals surface area contributed by atoms with Gasteiger partial charge in [0.15, 0.2) is 5.82 Å². The molecule has 0 saturated heterocycles. The molecule has 1 atom stereocenters. The summed E-state index contributed by atoms with van der Waals surface area (Å²) in [5.74, 6) is 1.10. The van der Waals surface area contributed by atoms with Gasteiger partial charge in [-0.3, -0.25) is 19.3 Å². The van der Waals surface area contributed by atoms with Crippen molar-refractivity contribution < 1.29 is 9.53 Å². The predicted molar refractivity (Wildman–Crippen MR) is 146 cm³/mol. The highest BCUT2D eigenvalue weighted by atomic mass is 32.1. The van der Waals surface area contributed by atoms with Crippen LogP contribution < -0.4 is 4.90 Å². The Balaban J connectivity index is 1.52. The molecule has 0 N–H and O–H groups in total. The average molecular weight is 515 g/mol. The van der Waals surface area contributed by atoms with E-state index in [0.717, 1.165) is 52.0 Å². The number of aryl methyl sites for hydroxylation is 2. The molecule has 0 fully saturated rings. The number of esters is 1. The fraction of sp³-hybridized carbons (Fsp3) is 0.321. The van der Waals surface area contributed by atoms with E-state index < -0.39 is 6.04 Å². The van der Waals surface area contributed by atoms with Crippen molar-refractivity contribution in [3.8, 4) is 5.00 Å². The van der Waals surface area contributed by atoms with E-state index in [0.29, 0.717) is 5.82 Å². The van der Waals surface area contributed by atoms with Crippen LogP contribution in [0.25, 0.3) is 5.00 Å². The van der Waals surface area contributed by atoms with E-state index in [2.05, 4.69) is 71.3 Å². The number of carbonyl (C=O) groups excluding carboxylic acids is 1. The third-order valence-corrected chi connectivity index (χ3v) is 8.03. The Morgan fingerprint density at radius 1 is 1.11 bits per heavy atom. The van der Waals surface area contributed by atoms with Gasteiger partial charge in [-0.05, 0) is 50.6 Å². The molecule has 0 amide bonds. The molecule has 0 saturated carbocycles. The van der Waals surface area contributed by atoms with Gasteiger partial charge in [-0.15, -0.1) is 21.5 Å². The fourth-order valence-corrected chi connectivity index (χ4v) is 5.81. The Morgan fingerprint density at radius 2 is 1.89 bits per heavy atom. The number of fused-ring (bicyclic) bond motifs is 3. The van der Waals surface area contributed by atoms with Gasteiger partial charge in [0.25, 0.3) is 0 Å². The number of aliphatic imine (C=N–C) groups is 1. The highest BCUT2D eigenvalue weighted by molar-refractivity contribution is 7.15. The number of methoxy groups -OCH3 is 1. The number of rotatable bonds is 7. The molecule has 1 aliphatic heterocycles. The van der Waals surface area contributed by atoms with E-state index >= 15 is 0 Å². The molecule has 1 aliphatic rings. The molecule has 0 unspecified atom stereocenters. The summed E-state index contributed by atoms with van der Waals surface area (Å²) in [6.07, 6.45) is 2.80. The molecule has 0 bridgehead atoms. The molecule has 0 radical (unpaired) electrons. The Bertz CT molecular complexity index is 1460. The Hall–Kier alpha value is -3.85. The molecule has 4 heterocycles. The lowest BCUT2D eigenvalue weighted by atomic mass is 9.99. The van der Waals surface area contributed by atoms with Gasteiger partial charge in [-0.25, -0.2) is 0 Å². The number of likely N-dealkylation sites (N-methyl/N-ethyl adjacent to an activating group) is 1. The Labute approximate surface area is 220 Å². The predicted octanol–water partition coefficient (Wildman–Crippen LogP) is 4.78. The lowest BCUT2D eigenvalue weighted by molar-refractivity contribution is -0.141. The quantitative estimate of drug-likeness (QED) is 0.330. The van der Waals surface area contributed by atoms with Crippen LogP contribution in [0.1, 0.15) is 51.4 Å². The maximum absolute atomic E-state index is 12.3. The smallest absolute Gasteiger partial charge is 0.308 e. The molecule has 37 heavy (non-hydrogen) atoms. The van der Waals surface area contributed by atoms with Crippen LogP contribution in [0.2, 0.25) is 0 Å². The summed E-state index contributed by atoms with van der Waals surface area (Å²) < 4.78 is 7.03. The Morgan fingerprint density at radius 3 is 2.59 bits per heavy atom. The summed E-state index contributed by atoms with van der Waals surface area (Å²) in [7, 11) is 3.49. The number of nitrogens with zero attached hydrogens (tertiary/aromatic N) is 6. The lowest BCUT2D eigenvalue weighted by Gasteiger charge is -2.20. The third-order valence-electron chi connectivity index (χ3n) is 6.84. The van der Waals surface area contributed by atoms with Gasteiger partial charge in [-0.2, -0.15) is 0 Å². The van der Waals surface area contributed by atoms with E-state index in [9.17, 15) is 4.79 Å². The van der Waals surface area contributed by atoms with Gasteiger partial charge in [0.05, 0.1) is 19.2 Å². The molecule has 4 aromatic rings. The number of thiophene rings is 1. The molecule has 8 nitrogen and oxygen atoms in total. The molecule has 3 aromatic heterocycles. The molecular formula is C28H30N6O2S. The van der Waals surface area contributed by atoms with Gasteiger partial charge in [0, 0.05) is 53.6 Å². The van der Waals surface area contributed by atoms with Crippen LogP contribution >= 0.6 is 11.3 Å². The first-order valence-electron chi connectivity index (χ1n) is 12.3. The van der Waals surface area contributed by atoms with E-state index in [-0.39, 0.29) is 12.4 Å². The van der Waals surface area contributed by atoms with Crippen LogP contribution in [0.3, 0.4) is 0 Å². The highest BCUT2D eigenvalue weighted by Gasteiger charge is 2.32. The van der Waals surface area contributed by atoms with E-state index in [1.807, 2.05) is 29.8 Å². The largest absolute Gasteiger partial charge is 0.469 e. The van der Waals surface area contributed by atoms with Crippen LogP contribution in [-0.4, -0.2) is 52.1 Å². The summed E-state index contributed by atoms with van der Waals surface area (Å²) in [6, 6.07) is 14.0. The van der Waals surface area contributed by atoms with Gasteiger partial charge in [0.1, 0.15) is 16.9 Å². The zero-order chi connectivity index (χ0) is 26.1. The minimum absolute atomic E-state index is 0.0967. The van der Waals surface area contributed by atoms with Gasteiger partial charge in [-0.1, -0.05) is 18.2 Å². The molecule has 9 heteroatoms. The number of benzene rings is 1. The van der Waals surface area contributed by atoms with Crippen molar-refractivity contribution in [2.45, 2.75) is 39.7 Å². The molecule has 190 valence electrons. The topological polar surface area (TPSA) is 85.5 Å². The maximum Gasteiger partial charge on any atom is 0.308 e. The number of aromatic nitrogens is 4. The molecule has 5 rings (SSSR count). The van der Waals surface area contributed by atoms with Crippen molar-refractivity contribution >= 4 is 28.7 Å². The number of ether oxygens (including phenoxy) is 1. The van der Waals surface area contributed by atoms with Crippen molar-refractivity contribution in [1.82, 2.24) is 19.7 Å². The summed E-state index contributed by atoms with van der Waals surface area (Å²) in [5.41, 5.74) is 6.29. The van der Waals surface area contributed by atoms with Crippen molar-refractivity contribution in [2.75, 3.05) is 25.6 Å².